The third kappa shape index (κ3) is 3.16. The minimum Gasteiger partial charge on any atom is -0.301 e. The molecular weight excluding hydrogens is 502 g/mol. The Morgan fingerprint density at radius 2 is 1.33 bits per heavy atom. The maximum absolute atomic E-state index is 4.83. The molecule has 115 valence electrons. The SMILES string of the molecule is Cc1[c-]c(-c2nc(C)c(C)c(C)c2C)c(C)c(C)c1Br.[Ir]. The monoisotopic (exact) mass is 523 g/mol. The summed E-state index contributed by atoms with van der Waals surface area (Å²) in [6.07, 6.45) is 0. The molecule has 0 unspecified atom stereocenters. The number of halogens is 1. The van der Waals surface area contributed by atoms with Crippen molar-refractivity contribution in [3.63, 3.8) is 0 Å². The predicted octanol–water partition coefficient (Wildman–Crippen LogP) is 5.47. The van der Waals surface area contributed by atoms with Crippen LogP contribution in [0.3, 0.4) is 0 Å². The average Bonchev–Trinajstić information content (AvgIpc) is 2.42. The molecule has 0 aliphatic rings. The van der Waals surface area contributed by atoms with Crippen LogP contribution in [0.15, 0.2) is 4.47 Å². The Kier molecular flexibility index (Phi) is 5.94. The van der Waals surface area contributed by atoms with E-state index < -0.39 is 0 Å². The van der Waals surface area contributed by atoms with Crippen molar-refractivity contribution >= 4 is 15.9 Å². The second-order valence-electron chi connectivity index (χ2n) is 5.61. The van der Waals surface area contributed by atoms with E-state index in [1.807, 2.05) is 0 Å². The maximum atomic E-state index is 4.83. The number of nitrogens with zero attached hydrogens (tertiary/aromatic N) is 1. The van der Waals surface area contributed by atoms with Gasteiger partial charge < -0.3 is 4.98 Å². The van der Waals surface area contributed by atoms with Crippen LogP contribution in [0.25, 0.3) is 11.3 Å². The molecule has 2 rings (SSSR count). The molecule has 2 aromatic rings. The van der Waals surface area contributed by atoms with Gasteiger partial charge in [0.25, 0.3) is 0 Å². The Morgan fingerprint density at radius 1 is 0.762 bits per heavy atom. The number of aryl methyl sites for hydroxylation is 2. The summed E-state index contributed by atoms with van der Waals surface area (Å²) in [7, 11) is 0. The van der Waals surface area contributed by atoms with E-state index in [1.54, 1.807) is 0 Å². The number of aromatic nitrogens is 1. The van der Waals surface area contributed by atoms with Gasteiger partial charge in [0, 0.05) is 25.8 Å². The second-order valence-corrected chi connectivity index (χ2v) is 6.40. The molecule has 1 aromatic carbocycles. The van der Waals surface area contributed by atoms with Crippen LogP contribution in [-0.2, 0) is 20.1 Å². The van der Waals surface area contributed by atoms with Gasteiger partial charge in [0.1, 0.15) is 0 Å². The molecule has 0 N–H and O–H groups in total. The molecule has 0 amide bonds. The first-order valence-corrected chi connectivity index (χ1v) is 7.68. The number of rotatable bonds is 1. The zero-order valence-corrected chi connectivity index (χ0v) is 17.6. The summed E-state index contributed by atoms with van der Waals surface area (Å²) in [6, 6.07) is 3.51. The minimum atomic E-state index is 0. The van der Waals surface area contributed by atoms with Crippen molar-refractivity contribution in [1.82, 2.24) is 4.98 Å². The van der Waals surface area contributed by atoms with Gasteiger partial charge in [0.05, 0.1) is 0 Å². The molecule has 0 spiro atoms. The standard InChI is InChI=1S/C18H21BrN.Ir/c1-9-8-16(12(4)13(5)17(9)19)18-14(6)10(2)11(3)15(7)20-18;/h1-7H3;/q-1;. The molecule has 0 aliphatic carbocycles. The van der Waals surface area contributed by atoms with E-state index in [-0.39, 0.29) is 20.1 Å². The van der Waals surface area contributed by atoms with E-state index in [0.717, 1.165) is 27.0 Å². The molecular formula is C18H21BrIrN-. The molecule has 1 nitrogen and oxygen atoms in total. The topological polar surface area (TPSA) is 12.9 Å². The number of hydrogen-bond donors (Lipinski definition) is 0. The van der Waals surface area contributed by atoms with Crippen molar-refractivity contribution in [3.05, 3.63) is 49.6 Å². The van der Waals surface area contributed by atoms with Gasteiger partial charge >= 0.3 is 0 Å². The molecule has 0 aliphatic heterocycles. The predicted molar refractivity (Wildman–Crippen MR) is 89.4 cm³/mol. The van der Waals surface area contributed by atoms with Crippen LogP contribution in [-0.4, -0.2) is 4.98 Å². The van der Waals surface area contributed by atoms with Crippen molar-refractivity contribution in [3.8, 4) is 11.3 Å². The summed E-state index contributed by atoms with van der Waals surface area (Å²) < 4.78 is 1.15. The largest absolute Gasteiger partial charge is 0.301 e. The molecule has 21 heavy (non-hydrogen) atoms. The Hall–Kier alpha value is -0.501. The van der Waals surface area contributed by atoms with E-state index in [1.165, 1.54) is 27.8 Å². The molecule has 1 radical (unpaired) electrons. The van der Waals surface area contributed by atoms with Crippen molar-refractivity contribution in [2.75, 3.05) is 0 Å². The van der Waals surface area contributed by atoms with E-state index in [4.69, 9.17) is 4.98 Å². The van der Waals surface area contributed by atoms with Crippen LogP contribution in [0.2, 0.25) is 0 Å². The first kappa shape index (κ1) is 18.5. The smallest absolute Gasteiger partial charge is 0.0298 e. The van der Waals surface area contributed by atoms with E-state index >= 15 is 0 Å². The van der Waals surface area contributed by atoms with Crippen molar-refractivity contribution in [2.24, 2.45) is 0 Å². The molecule has 0 saturated carbocycles. The van der Waals surface area contributed by atoms with Crippen molar-refractivity contribution in [2.45, 2.75) is 48.5 Å². The van der Waals surface area contributed by atoms with Crippen LogP contribution in [0, 0.1) is 54.5 Å². The third-order valence-corrected chi connectivity index (χ3v) is 5.64. The zero-order valence-electron chi connectivity index (χ0n) is 13.7. The summed E-state index contributed by atoms with van der Waals surface area (Å²) >= 11 is 3.64. The fourth-order valence-corrected chi connectivity index (χ4v) is 2.91. The van der Waals surface area contributed by atoms with E-state index in [9.17, 15) is 0 Å². The fourth-order valence-electron chi connectivity index (χ4n) is 2.52. The maximum Gasteiger partial charge on any atom is 0.0298 e. The third-order valence-electron chi connectivity index (χ3n) is 4.45. The van der Waals surface area contributed by atoms with Crippen LogP contribution in [0.4, 0.5) is 0 Å². The second kappa shape index (κ2) is 6.73. The Bertz CT molecular complexity index is 644. The number of hydrogen-bond acceptors (Lipinski definition) is 1. The number of pyridine rings is 1. The van der Waals surface area contributed by atoms with Crippen LogP contribution < -0.4 is 0 Å². The van der Waals surface area contributed by atoms with Crippen LogP contribution >= 0.6 is 15.9 Å². The van der Waals surface area contributed by atoms with Gasteiger partial charge in [-0.2, -0.15) is 0 Å². The number of benzene rings is 1. The van der Waals surface area contributed by atoms with Gasteiger partial charge in [-0.25, -0.2) is 0 Å². The summed E-state index contributed by atoms with van der Waals surface area (Å²) in [5.41, 5.74) is 10.8. The Morgan fingerprint density at radius 3 is 1.90 bits per heavy atom. The quantitative estimate of drug-likeness (QED) is 0.452. The van der Waals surface area contributed by atoms with E-state index in [2.05, 4.69) is 70.5 Å². The molecule has 1 aromatic heterocycles. The van der Waals surface area contributed by atoms with Gasteiger partial charge in [0.2, 0.25) is 0 Å². The summed E-state index contributed by atoms with van der Waals surface area (Å²) in [5, 5.41) is 0. The first-order chi connectivity index (χ1) is 9.25. The van der Waals surface area contributed by atoms with Gasteiger partial charge in [-0.1, -0.05) is 36.4 Å². The zero-order chi connectivity index (χ0) is 15.2. The first-order valence-electron chi connectivity index (χ1n) is 6.89. The fraction of sp³-hybridized carbons (Fsp3) is 0.389. The van der Waals surface area contributed by atoms with Crippen molar-refractivity contribution in [1.29, 1.82) is 0 Å². The summed E-state index contributed by atoms with van der Waals surface area (Å²) in [4.78, 5) is 4.83. The van der Waals surface area contributed by atoms with Gasteiger partial charge in [-0.3, -0.25) is 0 Å². The molecule has 0 fully saturated rings. The van der Waals surface area contributed by atoms with Crippen LogP contribution in [0.1, 0.15) is 39.1 Å². The van der Waals surface area contributed by atoms with Crippen LogP contribution in [0.5, 0.6) is 0 Å². The Labute approximate surface area is 150 Å². The van der Waals surface area contributed by atoms with Gasteiger partial charge in [-0.05, 0) is 39.0 Å². The van der Waals surface area contributed by atoms with Gasteiger partial charge in [-0.15, -0.1) is 44.3 Å². The summed E-state index contributed by atoms with van der Waals surface area (Å²) in [6.45, 7) is 14.9. The van der Waals surface area contributed by atoms with Gasteiger partial charge in [0.15, 0.2) is 0 Å². The molecule has 1 heterocycles. The van der Waals surface area contributed by atoms with Crippen molar-refractivity contribution < 1.29 is 20.1 Å². The molecule has 0 bridgehead atoms. The molecule has 3 heteroatoms. The Balaban J connectivity index is 0.00000220. The normalized spacial score (nSPS) is 10.5. The average molecular weight is 523 g/mol. The summed E-state index contributed by atoms with van der Waals surface area (Å²) in [5.74, 6) is 0. The molecule has 0 atom stereocenters. The van der Waals surface area contributed by atoms with E-state index in [0.29, 0.717) is 0 Å². The molecule has 0 saturated heterocycles. The minimum absolute atomic E-state index is 0.